The normalized spacial score (nSPS) is 18.0. The van der Waals surface area contributed by atoms with Gasteiger partial charge in [-0.25, -0.2) is 8.78 Å². The van der Waals surface area contributed by atoms with E-state index in [1.165, 1.54) is 18.2 Å². The van der Waals surface area contributed by atoms with Crippen molar-refractivity contribution in [1.82, 2.24) is 14.8 Å². The Balaban J connectivity index is 1.17. The number of hydrogen-bond acceptors (Lipinski definition) is 5. The highest BCUT2D eigenvalue weighted by atomic mass is 19.1. The molecule has 4 heterocycles. The molecule has 0 atom stereocenters. The Morgan fingerprint density at radius 1 is 1.05 bits per heavy atom. The molecule has 0 spiro atoms. The fourth-order valence-electron chi connectivity index (χ4n) is 5.76. The first-order valence-electron chi connectivity index (χ1n) is 14.0. The van der Waals surface area contributed by atoms with E-state index in [0.29, 0.717) is 54.1 Å². The van der Waals surface area contributed by atoms with E-state index >= 15 is 4.39 Å². The highest BCUT2D eigenvalue weighted by Crippen LogP contribution is 2.37. The maximum Gasteiger partial charge on any atom is 0.256 e. The maximum atomic E-state index is 15.1. The van der Waals surface area contributed by atoms with Gasteiger partial charge in [-0.1, -0.05) is 12.1 Å². The van der Waals surface area contributed by atoms with Crippen molar-refractivity contribution in [2.75, 3.05) is 56.6 Å². The summed E-state index contributed by atoms with van der Waals surface area (Å²) in [6.07, 6.45) is 3.32. The van der Waals surface area contributed by atoms with Crippen LogP contribution in [0.4, 0.5) is 20.2 Å². The number of hydrogen-bond donors (Lipinski definition) is 3. The van der Waals surface area contributed by atoms with E-state index in [9.17, 15) is 14.0 Å². The molecule has 0 aliphatic carbocycles. The van der Waals surface area contributed by atoms with Crippen molar-refractivity contribution in [1.29, 1.82) is 0 Å². The molecule has 2 aromatic carbocycles. The molecule has 2 amide bonds. The third-order valence-electron chi connectivity index (χ3n) is 8.08. The molecule has 3 aliphatic heterocycles. The first-order valence-corrected chi connectivity index (χ1v) is 14.0. The molecule has 41 heavy (non-hydrogen) atoms. The number of aromatic amines is 1. The molecule has 8 nitrogen and oxygen atoms in total. The van der Waals surface area contributed by atoms with Gasteiger partial charge in [0.05, 0.1) is 35.7 Å². The second-order valence-electron chi connectivity index (χ2n) is 10.7. The van der Waals surface area contributed by atoms with Crippen molar-refractivity contribution in [2.24, 2.45) is 0 Å². The molecular weight excluding hydrogens is 528 g/mol. The second-order valence-corrected chi connectivity index (χ2v) is 10.7. The molecule has 1 fully saturated rings. The van der Waals surface area contributed by atoms with Crippen LogP contribution in [0.5, 0.6) is 0 Å². The standard InChI is InChI=1S/C31H33F2N5O3/c1-19-26(35-25-7-10-38(31(40)29(19)25)9-2-8-37-11-13-41-14-12-37)16-23-22-15-24(33)28(17-27(22)36-30(23)39)34-18-20-3-5-21(32)6-4-20/h3-6,15-17,34-35H,2,7-14,18H2,1H3,(H,36,39)/b23-16-. The van der Waals surface area contributed by atoms with Crippen LogP contribution in [0.3, 0.4) is 0 Å². The number of anilines is 2. The van der Waals surface area contributed by atoms with Crippen molar-refractivity contribution in [2.45, 2.75) is 26.3 Å². The van der Waals surface area contributed by atoms with Gasteiger partial charge in [-0.15, -0.1) is 0 Å². The Hall–Kier alpha value is -4.02. The molecule has 10 heteroatoms. The molecule has 1 aromatic heterocycles. The largest absolute Gasteiger partial charge is 0.379 e. The molecule has 3 aromatic rings. The Bertz CT molecular complexity index is 1510. The lowest BCUT2D eigenvalue weighted by Crippen LogP contribution is -2.41. The summed E-state index contributed by atoms with van der Waals surface area (Å²) < 4.78 is 33.7. The van der Waals surface area contributed by atoms with Gasteiger partial charge in [-0.3, -0.25) is 14.5 Å². The molecule has 0 radical (unpaired) electrons. The number of ether oxygens (including phenoxy) is 1. The number of fused-ring (bicyclic) bond motifs is 2. The van der Waals surface area contributed by atoms with Gasteiger partial charge in [0.15, 0.2) is 0 Å². The lowest BCUT2D eigenvalue weighted by Gasteiger charge is -2.30. The summed E-state index contributed by atoms with van der Waals surface area (Å²) in [5.74, 6) is -1.17. The smallest absolute Gasteiger partial charge is 0.256 e. The quantitative estimate of drug-likeness (QED) is 0.354. The molecule has 3 N–H and O–H groups in total. The fourth-order valence-corrected chi connectivity index (χ4v) is 5.76. The monoisotopic (exact) mass is 561 g/mol. The Morgan fingerprint density at radius 2 is 1.83 bits per heavy atom. The van der Waals surface area contributed by atoms with Crippen LogP contribution < -0.4 is 10.6 Å². The van der Waals surface area contributed by atoms with E-state index in [1.54, 1.807) is 24.3 Å². The summed E-state index contributed by atoms with van der Waals surface area (Å²) in [5.41, 5.74) is 5.33. The number of nitrogens with zero attached hydrogens (tertiary/aromatic N) is 2. The number of nitrogens with one attached hydrogen (secondary N) is 3. The Morgan fingerprint density at radius 3 is 2.61 bits per heavy atom. The van der Waals surface area contributed by atoms with Crippen molar-refractivity contribution in [3.05, 3.63) is 81.7 Å². The number of carbonyl (C=O) groups is 2. The van der Waals surface area contributed by atoms with Crippen LogP contribution in [0, 0.1) is 18.6 Å². The van der Waals surface area contributed by atoms with Gasteiger partial charge in [0.25, 0.3) is 11.8 Å². The second kappa shape index (κ2) is 11.5. The van der Waals surface area contributed by atoms with Crippen molar-refractivity contribution in [3.63, 3.8) is 0 Å². The van der Waals surface area contributed by atoms with E-state index in [-0.39, 0.29) is 23.3 Å². The van der Waals surface area contributed by atoms with Crippen LogP contribution in [0.15, 0.2) is 36.4 Å². The van der Waals surface area contributed by atoms with E-state index in [1.807, 2.05) is 11.8 Å². The molecule has 6 rings (SSSR count). The van der Waals surface area contributed by atoms with Gasteiger partial charge in [0.1, 0.15) is 11.6 Å². The maximum absolute atomic E-state index is 15.1. The molecule has 1 saturated heterocycles. The van der Waals surface area contributed by atoms with Crippen LogP contribution in [-0.2, 0) is 22.5 Å². The predicted molar refractivity (Wildman–Crippen MR) is 154 cm³/mol. The number of amides is 2. The summed E-state index contributed by atoms with van der Waals surface area (Å²) in [5, 5.41) is 5.84. The van der Waals surface area contributed by atoms with Crippen LogP contribution >= 0.6 is 0 Å². The zero-order valence-corrected chi connectivity index (χ0v) is 23.0. The molecular formula is C31H33F2N5O3. The number of morpholine rings is 1. The summed E-state index contributed by atoms with van der Waals surface area (Å²) in [4.78, 5) is 34.0. The number of halogens is 2. The number of benzene rings is 2. The van der Waals surface area contributed by atoms with E-state index < -0.39 is 5.82 Å². The first kappa shape index (κ1) is 27.2. The topological polar surface area (TPSA) is 89.7 Å². The van der Waals surface area contributed by atoms with Gasteiger partial charge in [-0.2, -0.15) is 0 Å². The minimum absolute atomic E-state index is 0.00539. The van der Waals surface area contributed by atoms with Gasteiger partial charge in [0, 0.05) is 62.6 Å². The van der Waals surface area contributed by atoms with E-state index in [0.717, 1.165) is 56.1 Å². The summed E-state index contributed by atoms with van der Waals surface area (Å²) in [6.45, 7) is 7.86. The number of carbonyl (C=O) groups excluding carboxylic acids is 2. The Kier molecular flexibility index (Phi) is 7.59. The molecule has 214 valence electrons. The van der Waals surface area contributed by atoms with E-state index in [2.05, 4.69) is 20.5 Å². The van der Waals surface area contributed by atoms with Crippen molar-refractivity contribution < 1.29 is 23.1 Å². The van der Waals surface area contributed by atoms with Crippen LogP contribution in [-0.4, -0.2) is 72.5 Å². The zero-order valence-electron chi connectivity index (χ0n) is 23.0. The predicted octanol–water partition coefficient (Wildman–Crippen LogP) is 4.43. The SMILES string of the molecule is Cc1c(/C=C2\C(=O)Nc3cc(NCc4ccc(F)cc4)c(F)cc32)[nH]c2c1C(=O)N(CCCN1CCOCC1)CC2. The average molecular weight is 562 g/mol. The van der Waals surface area contributed by atoms with Crippen molar-refractivity contribution in [3.8, 4) is 0 Å². The Labute approximate surface area is 237 Å². The number of H-pyrrole nitrogens is 1. The minimum atomic E-state index is -0.501. The zero-order chi connectivity index (χ0) is 28.5. The minimum Gasteiger partial charge on any atom is -0.379 e. The highest BCUT2D eigenvalue weighted by molar-refractivity contribution is 6.35. The van der Waals surface area contributed by atoms with Gasteiger partial charge < -0.3 is 25.3 Å². The van der Waals surface area contributed by atoms with Gasteiger partial charge >= 0.3 is 0 Å². The third kappa shape index (κ3) is 5.62. The third-order valence-corrected chi connectivity index (χ3v) is 8.08. The number of aromatic nitrogens is 1. The molecule has 3 aliphatic rings. The summed E-state index contributed by atoms with van der Waals surface area (Å²) in [6, 6.07) is 8.87. The summed E-state index contributed by atoms with van der Waals surface area (Å²) >= 11 is 0. The van der Waals surface area contributed by atoms with Crippen LogP contribution in [0.25, 0.3) is 11.6 Å². The highest BCUT2D eigenvalue weighted by Gasteiger charge is 2.31. The fraction of sp³-hybridized carbons (Fsp3) is 0.355. The van der Waals surface area contributed by atoms with Gasteiger partial charge in [-0.05, 0) is 54.8 Å². The van der Waals surface area contributed by atoms with Gasteiger partial charge in [0.2, 0.25) is 0 Å². The van der Waals surface area contributed by atoms with Crippen molar-refractivity contribution >= 4 is 34.8 Å². The lowest BCUT2D eigenvalue weighted by atomic mass is 10.0. The lowest BCUT2D eigenvalue weighted by molar-refractivity contribution is -0.110. The van der Waals surface area contributed by atoms with Crippen LogP contribution in [0.2, 0.25) is 0 Å². The van der Waals surface area contributed by atoms with E-state index in [4.69, 9.17) is 4.74 Å². The average Bonchev–Trinajstić information content (AvgIpc) is 3.45. The first-order chi connectivity index (χ1) is 19.9. The molecule has 0 saturated carbocycles. The summed E-state index contributed by atoms with van der Waals surface area (Å²) in [7, 11) is 0. The molecule has 0 unspecified atom stereocenters. The number of rotatable bonds is 8. The molecule has 0 bridgehead atoms. The van der Waals surface area contributed by atoms with Crippen LogP contribution in [0.1, 0.15) is 44.9 Å².